The van der Waals surface area contributed by atoms with Crippen LogP contribution in [0, 0.1) is 17.3 Å². The number of hydrogen-bond donors (Lipinski definition) is 0. The maximum atomic E-state index is 2.84. The molecule has 2 rings (SSSR count). The number of halogens is 1. The molecule has 0 amide bonds. The molecular weight excluding hydrogens is 377 g/mol. The first-order valence-electron chi connectivity index (χ1n) is 9.76. The topological polar surface area (TPSA) is 0 Å². The molecule has 2 fully saturated rings. The van der Waals surface area contributed by atoms with Gasteiger partial charge in [-0.2, -0.15) is 0 Å². The molecule has 2 saturated carbocycles. The summed E-state index contributed by atoms with van der Waals surface area (Å²) in [5.41, 5.74) is 0.515. The molecule has 0 atom stereocenters. The molecule has 0 bridgehead atoms. The third-order valence-corrected chi connectivity index (χ3v) is 9.81. The minimum atomic E-state index is 0.515. The maximum Gasteiger partial charge on any atom is 0.227 e. The Morgan fingerprint density at radius 3 is 1.68 bits per heavy atom. The van der Waals surface area contributed by atoms with Crippen molar-refractivity contribution >= 4 is 34.8 Å². The Morgan fingerprint density at radius 2 is 1.23 bits per heavy atom. The summed E-state index contributed by atoms with van der Waals surface area (Å²) in [5, 5.41) is 0.528. The Hall–Kier alpha value is 0.860. The van der Waals surface area contributed by atoms with Crippen LogP contribution in [0.1, 0.15) is 86.0 Å². The van der Waals surface area contributed by atoms with Crippen molar-refractivity contribution in [3.05, 3.63) is 0 Å². The average Bonchev–Trinajstić information content (AvgIpc) is 2.46. The first-order valence-corrected chi connectivity index (χ1v) is 11.0. The quantitative estimate of drug-likeness (QED) is 0.370. The highest BCUT2D eigenvalue weighted by Crippen LogP contribution is 2.55. The number of rotatable bonds is 3. The van der Waals surface area contributed by atoms with Crippen LogP contribution in [0.25, 0.3) is 0 Å². The first kappa shape index (κ1) is 19.2. The second-order valence-electron chi connectivity index (χ2n) is 10.2. The van der Waals surface area contributed by atoms with E-state index in [-0.39, 0.29) is 0 Å². The summed E-state index contributed by atoms with van der Waals surface area (Å²) in [5.74, 6) is 3.85. The highest BCUT2D eigenvalue weighted by molar-refractivity contribution is 14.1. The van der Waals surface area contributed by atoms with Crippen LogP contribution in [0.5, 0.6) is 0 Å². The Bertz CT molecular complexity index is 345. The van der Waals surface area contributed by atoms with Crippen LogP contribution in [0.15, 0.2) is 0 Å². The molecule has 0 saturated heterocycles. The summed E-state index contributed by atoms with van der Waals surface area (Å²) < 4.78 is 0.865. The fourth-order valence-electron chi connectivity index (χ4n) is 5.11. The van der Waals surface area contributed by atoms with Gasteiger partial charge in [0.1, 0.15) is 7.85 Å². The van der Waals surface area contributed by atoms with Crippen LogP contribution in [0.3, 0.4) is 0 Å². The zero-order chi connectivity index (χ0) is 16.5. The molecule has 0 heterocycles. The maximum absolute atomic E-state index is 2.84. The zero-order valence-electron chi connectivity index (χ0n) is 15.9. The molecule has 0 unspecified atom stereocenters. The molecule has 0 aliphatic heterocycles. The van der Waals surface area contributed by atoms with Crippen LogP contribution in [0.4, 0.5) is 0 Å². The van der Waals surface area contributed by atoms with Gasteiger partial charge >= 0.3 is 0 Å². The van der Waals surface area contributed by atoms with Gasteiger partial charge < -0.3 is 0 Å². The van der Waals surface area contributed by atoms with Crippen molar-refractivity contribution in [2.75, 3.05) is 0 Å². The average molecular weight is 414 g/mol. The van der Waals surface area contributed by atoms with Gasteiger partial charge in [-0.1, -0.05) is 97.6 Å². The lowest BCUT2D eigenvalue weighted by Gasteiger charge is -2.45. The van der Waals surface area contributed by atoms with Crippen molar-refractivity contribution in [3.8, 4) is 0 Å². The van der Waals surface area contributed by atoms with E-state index in [4.69, 9.17) is 0 Å². The summed E-state index contributed by atoms with van der Waals surface area (Å²) in [6.07, 6.45) is 11.8. The van der Waals surface area contributed by atoms with E-state index in [0.29, 0.717) is 10.7 Å². The number of hydrogen-bond acceptors (Lipinski definition) is 0. The second kappa shape index (κ2) is 7.40. The van der Waals surface area contributed by atoms with Gasteiger partial charge in [0.2, 0.25) is 4.57 Å². The summed E-state index contributed by atoms with van der Waals surface area (Å²) in [4.78, 5) is 0. The Kier molecular flexibility index (Phi) is 6.45. The van der Waals surface area contributed by atoms with Crippen LogP contribution in [-0.2, 0) is 0 Å². The van der Waals surface area contributed by atoms with Crippen LogP contribution >= 0.6 is 22.4 Å². The van der Waals surface area contributed by atoms with Crippen LogP contribution < -0.4 is 0 Å². The lowest BCUT2D eigenvalue weighted by Crippen LogP contribution is -2.37. The van der Waals surface area contributed by atoms with E-state index in [9.17, 15) is 0 Å². The Labute approximate surface area is 154 Å². The molecule has 0 N–H and O–H groups in total. The van der Waals surface area contributed by atoms with Crippen molar-refractivity contribution in [2.24, 2.45) is 17.3 Å². The van der Waals surface area contributed by atoms with Gasteiger partial charge in [-0.3, -0.25) is 0 Å². The normalized spacial score (nSPS) is 34.5. The van der Waals surface area contributed by atoms with Gasteiger partial charge in [0.25, 0.3) is 0 Å². The van der Waals surface area contributed by atoms with Gasteiger partial charge in [0.05, 0.1) is 0 Å². The third-order valence-electron chi connectivity index (χ3n) is 7.19. The van der Waals surface area contributed by atoms with E-state index in [1.54, 1.807) is 0 Å². The fraction of sp³-hybridized carbons (Fsp3) is 1.00. The van der Waals surface area contributed by atoms with Gasteiger partial charge in [-0.05, 0) is 22.6 Å². The summed E-state index contributed by atoms with van der Waals surface area (Å²) in [7, 11) is 2.44. The summed E-state index contributed by atoms with van der Waals surface area (Å²) >= 11 is 2.84. The Balaban J connectivity index is 1.92. The monoisotopic (exact) mass is 414 g/mol. The molecule has 22 heavy (non-hydrogen) atoms. The first-order chi connectivity index (χ1) is 10.1. The largest absolute Gasteiger partial charge is 0.227 e. The highest BCUT2D eigenvalue weighted by atomic mass is 127. The molecule has 126 valence electrons. The fourth-order valence-corrected chi connectivity index (χ4v) is 6.34. The molecule has 0 spiro atoms. The molecule has 0 aromatic rings. The molecule has 0 aromatic heterocycles. The van der Waals surface area contributed by atoms with E-state index in [0.717, 1.165) is 28.0 Å². The zero-order valence-corrected chi connectivity index (χ0v) is 18.1. The summed E-state index contributed by atoms with van der Waals surface area (Å²) in [6, 6.07) is 0. The van der Waals surface area contributed by atoms with E-state index in [1.165, 1.54) is 51.4 Å². The SMILES string of the molecule is BC1CCC(C(C)(C)B(I)C2CCC(C(C)(C)C)CC2)CC1. The minimum absolute atomic E-state index is 0.515. The standard InChI is InChI=1S/C19H37B2I/c1-18(2,3)14-8-12-17(13-9-14)21(22)19(4,5)15-6-10-16(20)11-7-15/h14-17H,6-13,20H2,1-5H3. The smallest absolute Gasteiger partial charge is 0.149 e. The molecule has 0 aromatic carbocycles. The van der Waals surface area contributed by atoms with Crippen LogP contribution in [-0.4, -0.2) is 12.4 Å². The van der Waals surface area contributed by atoms with Crippen molar-refractivity contribution in [1.82, 2.24) is 0 Å². The van der Waals surface area contributed by atoms with E-state index in [2.05, 4.69) is 64.8 Å². The van der Waals surface area contributed by atoms with Crippen molar-refractivity contribution in [3.63, 3.8) is 0 Å². The van der Waals surface area contributed by atoms with Gasteiger partial charge in [0, 0.05) is 0 Å². The molecule has 0 radical (unpaired) electrons. The molecule has 3 heteroatoms. The van der Waals surface area contributed by atoms with E-state index < -0.39 is 0 Å². The van der Waals surface area contributed by atoms with Crippen LogP contribution in [0.2, 0.25) is 16.9 Å². The third kappa shape index (κ3) is 4.48. The lowest BCUT2D eigenvalue weighted by molar-refractivity contribution is 0.178. The minimum Gasteiger partial charge on any atom is -0.149 e. The Morgan fingerprint density at radius 1 is 0.773 bits per heavy atom. The summed E-state index contributed by atoms with van der Waals surface area (Å²) in [6.45, 7) is 12.5. The predicted molar refractivity (Wildman–Crippen MR) is 113 cm³/mol. The second-order valence-corrected chi connectivity index (χ2v) is 11.5. The van der Waals surface area contributed by atoms with Crippen molar-refractivity contribution < 1.29 is 0 Å². The van der Waals surface area contributed by atoms with E-state index in [1.807, 2.05) is 0 Å². The lowest BCUT2D eigenvalue weighted by atomic mass is 9.39. The molecule has 2 aliphatic rings. The van der Waals surface area contributed by atoms with Crippen molar-refractivity contribution in [2.45, 2.75) is 103 Å². The molecule has 0 nitrogen and oxygen atoms in total. The van der Waals surface area contributed by atoms with Gasteiger partial charge in [-0.15, -0.1) is 22.4 Å². The van der Waals surface area contributed by atoms with Gasteiger partial charge in [0.15, 0.2) is 0 Å². The molecule has 2 aliphatic carbocycles. The van der Waals surface area contributed by atoms with Crippen molar-refractivity contribution in [1.29, 1.82) is 0 Å². The highest BCUT2D eigenvalue weighted by Gasteiger charge is 2.44. The van der Waals surface area contributed by atoms with Gasteiger partial charge in [-0.25, -0.2) is 0 Å². The predicted octanol–water partition coefficient (Wildman–Crippen LogP) is 6.41. The molecular formula is C19H37B2I. The van der Waals surface area contributed by atoms with E-state index >= 15 is 0 Å².